The lowest BCUT2D eigenvalue weighted by atomic mass is 10.1. The average Bonchev–Trinajstić information content (AvgIpc) is 3.18. The molecule has 3 rings (SSSR count). The minimum Gasteiger partial charge on any atom is -0.396 e. The van der Waals surface area contributed by atoms with Crippen molar-refractivity contribution in [2.75, 3.05) is 26.2 Å². The molecule has 0 spiro atoms. The van der Waals surface area contributed by atoms with Crippen molar-refractivity contribution in [2.24, 2.45) is 0 Å². The summed E-state index contributed by atoms with van der Waals surface area (Å²) in [5.41, 5.74) is 1.34. The first-order valence-electron chi connectivity index (χ1n) is 8.46. The van der Waals surface area contributed by atoms with Crippen LogP contribution in [0.4, 0.5) is 0 Å². The highest BCUT2D eigenvalue weighted by molar-refractivity contribution is 7.10. The lowest BCUT2D eigenvalue weighted by molar-refractivity contribution is -0.132. The molecule has 2 aliphatic heterocycles. The van der Waals surface area contributed by atoms with Crippen LogP contribution >= 0.6 is 11.3 Å². The first-order valence-corrected chi connectivity index (χ1v) is 9.34. The Morgan fingerprint density at radius 1 is 1.41 bits per heavy atom. The van der Waals surface area contributed by atoms with Crippen LogP contribution in [0.5, 0.6) is 0 Å². The molecule has 0 bridgehead atoms. The van der Waals surface area contributed by atoms with Gasteiger partial charge in [0.1, 0.15) is 0 Å². The molecule has 5 heteroatoms. The number of aliphatic hydroxyl groups is 1. The second-order valence-corrected chi connectivity index (χ2v) is 7.38. The van der Waals surface area contributed by atoms with Gasteiger partial charge < -0.3 is 10.0 Å². The number of amides is 1. The van der Waals surface area contributed by atoms with Crippen molar-refractivity contribution in [1.29, 1.82) is 0 Å². The van der Waals surface area contributed by atoms with E-state index in [-0.39, 0.29) is 6.61 Å². The van der Waals surface area contributed by atoms with Gasteiger partial charge in [0.15, 0.2) is 0 Å². The zero-order valence-electron chi connectivity index (χ0n) is 13.2. The number of hydrogen-bond donors (Lipinski definition) is 1. The molecule has 4 nitrogen and oxygen atoms in total. The van der Waals surface area contributed by atoms with Crippen LogP contribution in [0.1, 0.15) is 42.5 Å². The number of carbonyl (C=O) groups is 1. The van der Waals surface area contributed by atoms with Gasteiger partial charge in [-0.1, -0.05) is 0 Å². The summed E-state index contributed by atoms with van der Waals surface area (Å²) in [4.78, 5) is 18.4. The van der Waals surface area contributed by atoms with Crippen molar-refractivity contribution >= 4 is 17.2 Å². The summed E-state index contributed by atoms with van der Waals surface area (Å²) in [5, 5.41) is 11.1. The van der Waals surface area contributed by atoms with Crippen LogP contribution in [0.15, 0.2) is 11.4 Å². The van der Waals surface area contributed by atoms with Crippen LogP contribution in [0.2, 0.25) is 0 Å². The van der Waals surface area contributed by atoms with Gasteiger partial charge >= 0.3 is 0 Å². The van der Waals surface area contributed by atoms with Crippen LogP contribution in [0.3, 0.4) is 0 Å². The molecule has 0 aromatic carbocycles. The standard InChI is InChI=1S/C17H26N2O2S/c20-11-2-4-15-3-1-8-18(15)10-6-17(21)19-9-5-16-14(13-19)7-12-22-16/h7,12,15,20H,1-6,8-11,13H2. The monoisotopic (exact) mass is 322 g/mol. The number of rotatable bonds is 6. The van der Waals surface area contributed by atoms with Crippen LogP contribution in [-0.2, 0) is 17.8 Å². The molecule has 0 radical (unpaired) electrons. The lowest BCUT2D eigenvalue weighted by Crippen LogP contribution is -2.38. The Labute approximate surface area is 136 Å². The summed E-state index contributed by atoms with van der Waals surface area (Å²) in [5.74, 6) is 0.296. The number of fused-ring (bicyclic) bond motifs is 1. The van der Waals surface area contributed by atoms with Crippen molar-refractivity contribution in [1.82, 2.24) is 9.80 Å². The molecule has 2 aliphatic rings. The van der Waals surface area contributed by atoms with Gasteiger partial charge in [-0.15, -0.1) is 11.3 Å². The van der Waals surface area contributed by atoms with E-state index >= 15 is 0 Å². The molecule has 1 atom stereocenters. The fraction of sp³-hybridized carbons (Fsp3) is 0.706. The first kappa shape index (κ1) is 16.0. The largest absolute Gasteiger partial charge is 0.396 e. The highest BCUT2D eigenvalue weighted by atomic mass is 32.1. The maximum Gasteiger partial charge on any atom is 0.224 e. The molecule has 1 unspecified atom stereocenters. The summed E-state index contributed by atoms with van der Waals surface area (Å²) in [6.07, 6.45) is 6.04. The third-order valence-electron chi connectivity index (χ3n) is 4.97. The summed E-state index contributed by atoms with van der Waals surface area (Å²) in [6, 6.07) is 2.73. The van der Waals surface area contributed by atoms with Gasteiger partial charge in [-0.2, -0.15) is 0 Å². The molecule has 1 aromatic heterocycles. The molecule has 22 heavy (non-hydrogen) atoms. The Morgan fingerprint density at radius 2 is 2.32 bits per heavy atom. The Morgan fingerprint density at radius 3 is 3.18 bits per heavy atom. The quantitative estimate of drug-likeness (QED) is 0.874. The Bertz CT molecular complexity index is 503. The Hall–Kier alpha value is -0.910. The number of aliphatic hydroxyl groups excluding tert-OH is 1. The van der Waals surface area contributed by atoms with E-state index in [1.54, 1.807) is 0 Å². The minimum absolute atomic E-state index is 0.278. The smallest absolute Gasteiger partial charge is 0.224 e. The number of carbonyl (C=O) groups excluding carboxylic acids is 1. The van der Waals surface area contributed by atoms with E-state index in [2.05, 4.69) is 16.3 Å². The van der Waals surface area contributed by atoms with Gasteiger partial charge in [-0.25, -0.2) is 0 Å². The van der Waals surface area contributed by atoms with Crippen LogP contribution in [0, 0.1) is 0 Å². The number of thiophene rings is 1. The average molecular weight is 322 g/mol. The minimum atomic E-state index is 0.278. The summed E-state index contributed by atoms with van der Waals surface area (Å²) >= 11 is 1.81. The molecule has 1 saturated heterocycles. The van der Waals surface area contributed by atoms with Crippen LogP contribution in [-0.4, -0.2) is 53.1 Å². The van der Waals surface area contributed by atoms with Crippen molar-refractivity contribution in [3.05, 3.63) is 21.9 Å². The fourth-order valence-corrected chi connectivity index (χ4v) is 4.59. The third kappa shape index (κ3) is 3.70. The van der Waals surface area contributed by atoms with Gasteiger partial charge in [0.25, 0.3) is 0 Å². The van der Waals surface area contributed by atoms with Crippen LogP contribution < -0.4 is 0 Å². The van der Waals surface area contributed by atoms with E-state index in [9.17, 15) is 4.79 Å². The zero-order chi connectivity index (χ0) is 15.4. The molecular formula is C17H26N2O2S. The SMILES string of the molecule is O=C(CCN1CCCC1CCCO)N1CCc2sccc2C1. The van der Waals surface area contributed by atoms with Gasteiger partial charge in [-0.05, 0) is 55.7 Å². The number of likely N-dealkylation sites (tertiary alicyclic amines) is 1. The van der Waals surface area contributed by atoms with Gasteiger partial charge in [0.05, 0.1) is 0 Å². The summed E-state index contributed by atoms with van der Waals surface area (Å²) < 4.78 is 0. The fourth-order valence-electron chi connectivity index (χ4n) is 3.70. The molecule has 1 amide bonds. The van der Waals surface area contributed by atoms with E-state index in [1.807, 2.05) is 16.2 Å². The van der Waals surface area contributed by atoms with Gasteiger partial charge in [0, 0.05) is 43.6 Å². The highest BCUT2D eigenvalue weighted by Crippen LogP contribution is 2.25. The van der Waals surface area contributed by atoms with Gasteiger partial charge in [-0.3, -0.25) is 9.69 Å². The third-order valence-corrected chi connectivity index (χ3v) is 5.99. The maximum absolute atomic E-state index is 12.5. The lowest BCUT2D eigenvalue weighted by Gasteiger charge is -2.29. The Balaban J connectivity index is 1.46. The molecule has 1 fully saturated rings. The first-order chi connectivity index (χ1) is 10.8. The second kappa shape index (κ2) is 7.57. The molecule has 122 valence electrons. The molecule has 0 aliphatic carbocycles. The number of nitrogens with zero attached hydrogens (tertiary/aromatic N) is 2. The molecule has 3 heterocycles. The summed E-state index contributed by atoms with van der Waals surface area (Å²) in [6.45, 7) is 3.94. The molecule has 0 saturated carbocycles. The predicted molar refractivity (Wildman–Crippen MR) is 89.0 cm³/mol. The van der Waals surface area contributed by atoms with E-state index in [4.69, 9.17) is 5.11 Å². The highest BCUT2D eigenvalue weighted by Gasteiger charge is 2.26. The van der Waals surface area contributed by atoms with Crippen LogP contribution in [0.25, 0.3) is 0 Å². The topological polar surface area (TPSA) is 43.8 Å². The number of hydrogen-bond acceptors (Lipinski definition) is 4. The van der Waals surface area contributed by atoms with Crippen molar-refractivity contribution in [3.63, 3.8) is 0 Å². The molecular weight excluding hydrogens is 296 g/mol. The molecule has 1 aromatic rings. The van der Waals surface area contributed by atoms with E-state index in [0.29, 0.717) is 18.4 Å². The van der Waals surface area contributed by atoms with Crippen molar-refractivity contribution in [3.8, 4) is 0 Å². The van der Waals surface area contributed by atoms with E-state index in [0.717, 1.165) is 45.4 Å². The van der Waals surface area contributed by atoms with E-state index in [1.165, 1.54) is 23.3 Å². The van der Waals surface area contributed by atoms with E-state index < -0.39 is 0 Å². The zero-order valence-corrected chi connectivity index (χ0v) is 14.0. The van der Waals surface area contributed by atoms with Crippen molar-refractivity contribution < 1.29 is 9.90 Å². The Kier molecular flexibility index (Phi) is 5.50. The normalized spacial score (nSPS) is 22.0. The predicted octanol–water partition coefficient (Wildman–Crippen LogP) is 2.26. The molecule has 1 N–H and O–H groups in total. The second-order valence-electron chi connectivity index (χ2n) is 6.38. The van der Waals surface area contributed by atoms with Gasteiger partial charge in [0.2, 0.25) is 5.91 Å². The van der Waals surface area contributed by atoms with Crippen molar-refractivity contribution in [2.45, 2.75) is 51.1 Å². The maximum atomic E-state index is 12.5. The summed E-state index contributed by atoms with van der Waals surface area (Å²) in [7, 11) is 0.